The summed E-state index contributed by atoms with van der Waals surface area (Å²) >= 11 is 4.28. The van der Waals surface area contributed by atoms with E-state index in [2.05, 4.69) is 22.7 Å². The molecule has 0 saturated carbocycles. The molecule has 0 aliphatic rings. The fraction of sp³-hybridized carbons (Fsp3) is 0.800. The second kappa shape index (κ2) is 6.88. The molecule has 0 rings (SSSR count). The van der Waals surface area contributed by atoms with Crippen LogP contribution in [-0.4, -0.2) is 41.0 Å². The van der Waals surface area contributed by atoms with Gasteiger partial charge in [0.2, 0.25) is 0 Å². The van der Waals surface area contributed by atoms with E-state index in [1.54, 1.807) is 13.8 Å². The zero-order valence-corrected chi connectivity index (χ0v) is 10.7. The Labute approximate surface area is 101 Å². The van der Waals surface area contributed by atoms with Gasteiger partial charge < -0.3 is 20.0 Å². The lowest BCUT2D eigenvalue weighted by Crippen LogP contribution is -2.51. The molecule has 0 aromatic carbocycles. The molecular formula is C10H19NO4S. The first kappa shape index (κ1) is 15.4. The number of rotatable bonds is 7. The molecular weight excluding hydrogens is 230 g/mol. The number of ether oxygens (including phenoxy) is 1. The molecule has 0 radical (unpaired) electrons. The Kier molecular flexibility index (Phi) is 6.62. The Morgan fingerprint density at radius 2 is 2.19 bits per heavy atom. The molecule has 2 N–H and O–H groups in total. The molecule has 0 heterocycles. The molecule has 2 atom stereocenters. The monoisotopic (exact) mass is 249 g/mol. The van der Waals surface area contributed by atoms with Crippen LogP contribution in [0.5, 0.6) is 0 Å². The molecule has 0 bridgehead atoms. The minimum absolute atomic E-state index is 0.308. The van der Waals surface area contributed by atoms with E-state index in [-0.39, 0.29) is 0 Å². The normalized spacial score (nSPS) is 15.3. The third kappa shape index (κ3) is 6.09. The molecule has 5 nitrogen and oxygen atoms in total. The second-order valence-electron chi connectivity index (χ2n) is 4.03. The average molecular weight is 249 g/mol. The van der Waals surface area contributed by atoms with Crippen LogP contribution in [0.4, 0.5) is 0 Å². The van der Waals surface area contributed by atoms with Crippen LogP contribution < -0.4 is 5.32 Å². The van der Waals surface area contributed by atoms with Gasteiger partial charge in [-0.2, -0.15) is 12.6 Å². The molecule has 0 aliphatic heterocycles. The zero-order chi connectivity index (χ0) is 12.8. The fourth-order valence-electron chi connectivity index (χ4n) is 1.14. The van der Waals surface area contributed by atoms with Crippen molar-refractivity contribution >= 4 is 24.9 Å². The summed E-state index contributed by atoms with van der Waals surface area (Å²) in [5.74, 6) is -0.583. The quantitative estimate of drug-likeness (QED) is 0.196. The highest BCUT2D eigenvalue weighted by Gasteiger charge is 2.33. The number of carbonyl (C=O) groups is 2. The lowest BCUT2D eigenvalue weighted by Gasteiger charge is -2.29. The Morgan fingerprint density at radius 1 is 1.62 bits per heavy atom. The molecule has 0 aliphatic carbocycles. The molecule has 0 aromatic rings. The third-order valence-corrected chi connectivity index (χ3v) is 2.10. The highest BCUT2D eigenvalue weighted by molar-refractivity contribution is 7.81. The maximum atomic E-state index is 11.6. The van der Waals surface area contributed by atoms with Crippen molar-refractivity contribution in [3.8, 4) is 0 Å². The molecule has 2 unspecified atom stereocenters. The predicted molar refractivity (Wildman–Crippen MR) is 63.3 cm³/mol. The van der Waals surface area contributed by atoms with Crippen molar-refractivity contribution in [3.63, 3.8) is 0 Å². The van der Waals surface area contributed by atoms with Gasteiger partial charge in [0.15, 0.2) is 6.29 Å². The van der Waals surface area contributed by atoms with E-state index in [0.717, 1.165) is 6.29 Å². The van der Waals surface area contributed by atoms with E-state index in [0.29, 0.717) is 13.0 Å². The van der Waals surface area contributed by atoms with E-state index >= 15 is 0 Å². The maximum absolute atomic E-state index is 11.6. The van der Waals surface area contributed by atoms with Crippen LogP contribution in [0.3, 0.4) is 0 Å². The maximum Gasteiger partial charge on any atom is 0.326 e. The Balaban J connectivity index is 4.42. The number of thiol groups is 1. The van der Waals surface area contributed by atoms with Crippen LogP contribution in [0.15, 0.2) is 0 Å². The molecule has 0 spiro atoms. The smallest absolute Gasteiger partial charge is 0.326 e. The van der Waals surface area contributed by atoms with Crippen molar-refractivity contribution in [2.45, 2.75) is 44.3 Å². The number of aliphatic hydroxyl groups excluding tert-OH is 1. The summed E-state index contributed by atoms with van der Waals surface area (Å²) in [5, 5.41) is 11.8. The fourth-order valence-corrected chi connectivity index (χ4v) is 1.34. The first-order valence-corrected chi connectivity index (χ1v) is 5.51. The van der Waals surface area contributed by atoms with Gasteiger partial charge in [-0.3, -0.25) is 4.79 Å². The summed E-state index contributed by atoms with van der Waals surface area (Å²) in [7, 11) is 0. The number of esters is 1. The number of carbonyl (C=O) groups excluding carboxylic acids is 2. The molecule has 94 valence electrons. The summed E-state index contributed by atoms with van der Waals surface area (Å²) in [5.41, 5.74) is 0. The van der Waals surface area contributed by atoms with E-state index in [1.165, 1.54) is 6.92 Å². The van der Waals surface area contributed by atoms with Gasteiger partial charge >= 0.3 is 5.97 Å². The van der Waals surface area contributed by atoms with Crippen molar-refractivity contribution in [2.75, 3.05) is 6.54 Å². The molecule has 0 amide bonds. The molecule has 6 heteroatoms. The zero-order valence-electron chi connectivity index (χ0n) is 9.77. The number of hydrogen-bond acceptors (Lipinski definition) is 6. The van der Waals surface area contributed by atoms with Crippen LogP contribution >= 0.6 is 12.6 Å². The van der Waals surface area contributed by atoms with Gasteiger partial charge in [0.05, 0.1) is 0 Å². The van der Waals surface area contributed by atoms with Gasteiger partial charge in [0.1, 0.15) is 12.3 Å². The highest BCUT2D eigenvalue weighted by Crippen LogP contribution is 2.19. The van der Waals surface area contributed by atoms with Crippen molar-refractivity contribution in [1.29, 1.82) is 0 Å². The van der Waals surface area contributed by atoms with Crippen molar-refractivity contribution in [1.82, 2.24) is 5.32 Å². The SMILES string of the molecule is CC(O)OC(=O)C(NCCC=O)C(C)(C)S. The first-order valence-electron chi connectivity index (χ1n) is 5.07. The van der Waals surface area contributed by atoms with Gasteiger partial charge in [0.25, 0.3) is 0 Å². The Morgan fingerprint density at radius 3 is 2.56 bits per heavy atom. The summed E-state index contributed by atoms with van der Waals surface area (Å²) in [6.45, 7) is 5.22. The van der Waals surface area contributed by atoms with Crippen molar-refractivity contribution in [3.05, 3.63) is 0 Å². The van der Waals surface area contributed by atoms with Crippen LogP contribution in [0.2, 0.25) is 0 Å². The first-order chi connectivity index (χ1) is 7.29. The molecule has 0 fully saturated rings. The minimum Gasteiger partial charge on any atom is -0.435 e. The number of hydrogen-bond donors (Lipinski definition) is 3. The summed E-state index contributed by atoms with van der Waals surface area (Å²) in [4.78, 5) is 21.8. The predicted octanol–water partition coefficient (Wildman–Crippen LogP) is 0.123. The van der Waals surface area contributed by atoms with E-state index in [4.69, 9.17) is 5.11 Å². The van der Waals surface area contributed by atoms with E-state index < -0.39 is 23.0 Å². The van der Waals surface area contributed by atoms with Gasteiger partial charge in [-0.1, -0.05) is 0 Å². The minimum atomic E-state index is -1.15. The molecule has 0 aromatic heterocycles. The second-order valence-corrected chi connectivity index (χ2v) is 5.18. The van der Waals surface area contributed by atoms with E-state index in [9.17, 15) is 9.59 Å². The third-order valence-electron chi connectivity index (χ3n) is 1.84. The summed E-state index contributed by atoms with van der Waals surface area (Å²) < 4.78 is 4.04. The average Bonchev–Trinajstić information content (AvgIpc) is 2.08. The van der Waals surface area contributed by atoms with Gasteiger partial charge in [-0.15, -0.1) is 0 Å². The van der Waals surface area contributed by atoms with Crippen LogP contribution in [0.1, 0.15) is 27.2 Å². The summed E-state index contributed by atoms with van der Waals surface area (Å²) in [6.07, 6.45) is -0.0868. The van der Waals surface area contributed by atoms with Gasteiger partial charge in [-0.05, 0) is 20.8 Å². The number of aliphatic hydroxyl groups is 1. The Bertz CT molecular complexity index is 237. The van der Waals surface area contributed by atoms with Crippen LogP contribution in [0.25, 0.3) is 0 Å². The molecule has 0 saturated heterocycles. The number of aldehydes is 1. The lowest BCUT2D eigenvalue weighted by molar-refractivity contribution is -0.168. The van der Waals surface area contributed by atoms with Gasteiger partial charge in [-0.25, -0.2) is 0 Å². The topological polar surface area (TPSA) is 75.6 Å². The van der Waals surface area contributed by atoms with Crippen LogP contribution in [0, 0.1) is 0 Å². The highest BCUT2D eigenvalue weighted by atomic mass is 32.1. The van der Waals surface area contributed by atoms with Crippen LogP contribution in [-0.2, 0) is 14.3 Å². The summed E-state index contributed by atoms with van der Waals surface area (Å²) in [6, 6.07) is -0.676. The van der Waals surface area contributed by atoms with E-state index in [1.807, 2.05) is 0 Å². The lowest BCUT2D eigenvalue weighted by atomic mass is 10.0. The standard InChI is InChI=1S/C10H19NO4S/c1-7(13)15-9(14)8(10(2,3)16)11-5-4-6-12/h6-8,11,13,16H,4-5H2,1-3H3. The van der Waals surface area contributed by atoms with Gasteiger partial charge in [0, 0.05) is 17.7 Å². The number of nitrogens with one attached hydrogen (secondary N) is 1. The van der Waals surface area contributed by atoms with Crippen molar-refractivity contribution < 1.29 is 19.4 Å². The largest absolute Gasteiger partial charge is 0.435 e. The Hall–Kier alpha value is -0.590. The molecule has 16 heavy (non-hydrogen) atoms. The van der Waals surface area contributed by atoms with Crippen molar-refractivity contribution in [2.24, 2.45) is 0 Å².